The number of thioether (sulfide) groups is 1. The number of benzene rings is 1. The molecule has 0 nitrogen and oxygen atoms in total. The maximum absolute atomic E-state index is 3.60. The molecule has 0 bridgehead atoms. The highest BCUT2D eigenvalue weighted by molar-refractivity contribution is 9.09. The van der Waals surface area contributed by atoms with Gasteiger partial charge in [0.25, 0.3) is 0 Å². The lowest BCUT2D eigenvalue weighted by atomic mass is 10.1. The van der Waals surface area contributed by atoms with Gasteiger partial charge in [0.2, 0.25) is 0 Å². The monoisotopic (exact) mass is 286 g/mol. The van der Waals surface area contributed by atoms with Crippen LogP contribution in [0.3, 0.4) is 0 Å². The van der Waals surface area contributed by atoms with E-state index in [1.54, 1.807) is 0 Å². The molecule has 84 valence electrons. The van der Waals surface area contributed by atoms with Crippen LogP contribution in [0.5, 0.6) is 0 Å². The molecule has 1 atom stereocenters. The molecule has 2 heteroatoms. The molecule has 1 rings (SSSR count). The molecule has 1 unspecified atom stereocenters. The van der Waals surface area contributed by atoms with E-state index in [2.05, 4.69) is 54.0 Å². The van der Waals surface area contributed by atoms with Crippen LogP contribution in [0.1, 0.15) is 25.3 Å². The van der Waals surface area contributed by atoms with Crippen LogP contribution in [-0.4, -0.2) is 11.1 Å². The van der Waals surface area contributed by atoms with Crippen LogP contribution < -0.4 is 0 Å². The summed E-state index contributed by atoms with van der Waals surface area (Å²) in [6.45, 7) is 4.44. The van der Waals surface area contributed by atoms with Crippen molar-refractivity contribution in [3.63, 3.8) is 0 Å². The summed E-state index contributed by atoms with van der Waals surface area (Å²) in [5.41, 5.74) is 1.40. The molecule has 0 aromatic heterocycles. The Bertz CT molecular complexity index is 286. The maximum atomic E-state index is 3.60. The zero-order valence-electron chi connectivity index (χ0n) is 9.50. The predicted molar refractivity (Wildman–Crippen MR) is 74.1 cm³/mol. The molecule has 0 N–H and O–H groups in total. The molecule has 0 amide bonds. The fraction of sp³-hybridized carbons (Fsp3) is 0.538. The Morgan fingerprint density at radius 3 is 2.67 bits per heavy atom. The van der Waals surface area contributed by atoms with E-state index in [4.69, 9.17) is 0 Å². The van der Waals surface area contributed by atoms with Gasteiger partial charge in [-0.05, 0) is 30.9 Å². The van der Waals surface area contributed by atoms with Crippen LogP contribution in [-0.2, 0) is 0 Å². The van der Waals surface area contributed by atoms with Crippen LogP contribution in [0.25, 0.3) is 0 Å². The van der Waals surface area contributed by atoms with Gasteiger partial charge in [-0.15, -0.1) is 11.8 Å². The Morgan fingerprint density at radius 2 is 2.07 bits per heavy atom. The van der Waals surface area contributed by atoms with E-state index in [-0.39, 0.29) is 0 Å². The molecule has 0 saturated heterocycles. The number of aryl methyl sites for hydroxylation is 1. The van der Waals surface area contributed by atoms with Gasteiger partial charge in [-0.3, -0.25) is 0 Å². The lowest BCUT2D eigenvalue weighted by Crippen LogP contribution is -2.04. The van der Waals surface area contributed by atoms with Crippen molar-refractivity contribution in [2.75, 3.05) is 11.1 Å². The minimum atomic E-state index is 0.805. The molecule has 0 spiro atoms. The van der Waals surface area contributed by atoms with Gasteiger partial charge in [-0.25, -0.2) is 0 Å². The van der Waals surface area contributed by atoms with Gasteiger partial charge in [0.05, 0.1) is 0 Å². The summed E-state index contributed by atoms with van der Waals surface area (Å²) in [7, 11) is 0. The second kappa shape index (κ2) is 7.34. The van der Waals surface area contributed by atoms with Crippen LogP contribution >= 0.6 is 27.7 Å². The molecular formula is C13H19BrS. The number of rotatable bonds is 6. The van der Waals surface area contributed by atoms with Crippen molar-refractivity contribution in [3.05, 3.63) is 29.8 Å². The van der Waals surface area contributed by atoms with E-state index in [9.17, 15) is 0 Å². The van der Waals surface area contributed by atoms with Crippen molar-refractivity contribution in [3.8, 4) is 0 Å². The number of hydrogen-bond acceptors (Lipinski definition) is 1. The second-order valence-electron chi connectivity index (χ2n) is 3.89. The molecule has 0 heterocycles. The van der Waals surface area contributed by atoms with Crippen molar-refractivity contribution >= 4 is 27.7 Å². The fourth-order valence-electron chi connectivity index (χ4n) is 1.54. The Morgan fingerprint density at radius 1 is 1.33 bits per heavy atom. The van der Waals surface area contributed by atoms with Crippen LogP contribution in [0.2, 0.25) is 0 Å². The first kappa shape index (κ1) is 13.1. The molecule has 15 heavy (non-hydrogen) atoms. The first-order valence-corrected chi connectivity index (χ1v) is 7.63. The van der Waals surface area contributed by atoms with Gasteiger partial charge >= 0.3 is 0 Å². The summed E-state index contributed by atoms with van der Waals surface area (Å²) in [5.74, 6) is 2.03. The smallest absolute Gasteiger partial charge is 0.0101 e. The van der Waals surface area contributed by atoms with E-state index in [0.29, 0.717) is 0 Å². The number of halogens is 1. The van der Waals surface area contributed by atoms with E-state index < -0.39 is 0 Å². The summed E-state index contributed by atoms with van der Waals surface area (Å²) in [6, 6.07) is 8.63. The summed E-state index contributed by atoms with van der Waals surface area (Å²) in [6.07, 6.45) is 2.61. The molecule has 0 fully saturated rings. The predicted octanol–water partition coefficient (Wildman–Crippen LogP) is 4.90. The van der Waals surface area contributed by atoms with E-state index in [0.717, 1.165) is 11.2 Å². The zero-order chi connectivity index (χ0) is 11.1. The molecule has 1 aromatic rings. The van der Waals surface area contributed by atoms with Gasteiger partial charge < -0.3 is 0 Å². The fourth-order valence-corrected chi connectivity index (χ4v) is 3.57. The Kier molecular flexibility index (Phi) is 6.42. The Labute approximate surface area is 106 Å². The number of alkyl halides is 1. The molecular weight excluding hydrogens is 268 g/mol. The third-order valence-corrected chi connectivity index (χ3v) is 4.81. The number of hydrogen-bond donors (Lipinski definition) is 0. The Hall–Kier alpha value is 0.0500. The maximum Gasteiger partial charge on any atom is 0.0101 e. The first-order chi connectivity index (χ1) is 7.27. The standard InChI is InChI=1S/C13H19BrS/c1-3-6-12(9-14)10-15-13-8-5-4-7-11(13)2/h4-5,7-8,12H,3,6,9-10H2,1-2H3. The summed E-state index contributed by atoms with van der Waals surface area (Å²) >= 11 is 5.59. The van der Waals surface area contributed by atoms with Crippen molar-refractivity contribution in [1.82, 2.24) is 0 Å². The highest BCUT2D eigenvalue weighted by atomic mass is 79.9. The quantitative estimate of drug-likeness (QED) is 0.530. The summed E-state index contributed by atoms with van der Waals surface area (Å²) < 4.78 is 0. The second-order valence-corrected chi connectivity index (χ2v) is 5.59. The molecule has 0 saturated carbocycles. The highest BCUT2D eigenvalue weighted by Gasteiger charge is 2.07. The highest BCUT2D eigenvalue weighted by Crippen LogP contribution is 2.26. The van der Waals surface area contributed by atoms with Gasteiger partial charge in [0.15, 0.2) is 0 Å². The van der Waals surface area contributed by atoms with Crippen molar-refractivity contribution in [2.24, 2.45) is 5.92 Å². The SMILES string of the molecule is CCCC(CBr)CSc1ccccc1C. The minimum Gasteiger partial charge on any atom is -0.126 e. The minimum absolute atomic E-state index is 0.805. The summed E-state index contributed by atoms with van der Waals surface area (Å²) in [5, 5.41) is 1.12. The molecule has 0 aliphatic heterocycles. The third kappa shape index (κ3) is 4.60. The lowest BCUT2D eigenvalue weighted by molar-refractivity contribution is 0.597. The van der Waals surface area contributed by atoms with Crippen molar-refractivity contribution in [1.29, 1.82) is 0 Å². The zero-order valence-corrected chi connectivity index (χ0v) is 11.9. The van der Waals surface area contributed by atoms with E-state index in [1.807, 2.05) is 11.8 Å². The van der Waals surface area contributed by atoms with Crippen LogP contribution in [0.15, 0.2) is 29.2 Å². The molecule has 0 aliphatic rings. The average molecular weight is 287 g/mol. The summed E-state index contributed by atoms with van der Waals surface area (Å²) in [4.78, 5) is 1.43. The third-order valence-electron chi connectivity index (χ3n) is 2.48. The molecule has 1 aromatic carbocycles. The largest absolute Gasteiger partial charge is 0.126 e. The van der Waals surface area contributed by atoms with Gasteiger partial charge in [0.1, 0.15) is 0 Å². The Balaban J connectivity index is 2.45. The van der Waals surface area contributed by atoms with Gasteiger partial charge in [-0.1, -0.05) is 47.5 Å². The van der Waals surface area contributed by atoms with Crippen LogP contribution in [0, 0.1) is 12.8 Å². The van der Waals surface area contributed by atoms with Crippen LogP contribution in [0.4, 0.5) is 0 Å². The molecule has 0 radical (unpaired) electrons. The van der Waals surface area contributed by atoms with Crippen molar-refractivity contribution in [2.45, 2.75) is 31.6 Å². The van der Waals surface area contributed by atoms with Gasteiger partial charge in [-0.2, -0.15) is 0 Å². The topological polar surface area (TPSA) is 0 Å². The van der Waals surface area contributed by atoms with E-state index in [1.165, 1.54) is 29.1 Å². The first-order valence-electron chi connectivity index (χ1n) is 5.52. The average Bonchev–Trinajstić information content (AvgIpc) is 2.26. The normalized spacial score (nSPS) is 12.7. The van der Waals surface area contributed by atoms with Crippen molar-refractivity contribution < 1.29 is 0 Å². The van der Waals surface area contributed by atoms with Gasteiger partial charge in [0, 0.05) is 16.0 Å². The molecule has 0 aliphatic carbocycles. The lowest BCUT2D eigenvalue weighted by Gasteiger charge is -2.13. The van der Waals surface area contributed by atoms with E-state index >= 15 is 0 Å².